The second-order valence-corrected chi connectivity index (χ2v) is 4.88. The topological polar surface area (TPSA) is 55.2 Å². The lowest BCUT2D eigenvalue weighted by Gasteiger charge is -2.15. The molecule has 1 aromatic rings. The zero-order valence-electron chi connectivity index (χ0n) is 10.5. The number of nitrogens with one attached hydrogen (secondary N) is 1. The molecule has 0 aliphatic rings. The highest BCUT2D eigenvalue weighted by Gasteiger charge is 2.15. The van der Waals surface area contributed by atoms with Gasteiger partial charge < -0.3 is 5.32 Å². The Labute approximate surface area is 110 Å². The minimum atomic E-state index is -0.480. The van der Waals surface area contributed by atoms with Crippen molar-refractivity contribution in [2.24, 2.45) is 0 Å². The third-order valence-corrected chi connectivity index (χ3v) is 3.42. The summed E-state index contributed by atoms with van der Waals surface area (Å²) in [5.74, 6) is 0.481. The van der Waals surface area contributed by atoms with Gasteiger partial charge >= 0.3 is 0 Å². The summed E-state index contributed by atoms with van der Waals surface area (Å²) >= 11 is 1.71. The number of nitro groups is 1. The number of thioether (sulfide) groups is 1. The molecular weight excluding hydrogens is 255 g/mol. The van der Waals surface area contributed by atoms with E-state index in [1.54, 1.807) is 11.8 Å². The van der Waals surface area contributed by atoms with Gasteiger partial charge in [0.1, 0.15) is 5.82 Å². The van der Waals surface area contributed by atoms with Crippen molar-refractivity contribution < 1.29 is 9.31 Å². The predicted octanol–water partition coefficient (Wildman–Crippen LogP) is 2.97. The molecule has 0 aliphatic carbocycles. The van der Waals surface area contributed by atoms with Crippen LogP contribution in [0.4, 0.5) is 10.1 Å². The van der Waals surface area contributed by atoms with Gasteiger partial charge in [0.2, 0.25) is 0 Å². The average molecular weight is 272 g/mol. The Morgan fingerprint density at radius 3 is 2.83 bits per heavy atom. The average Bonchev–Trinajstić information content (AvgIpc) is 2.34. The number of nitrogens with zero attached hydrogens (tertiary/aromatic N) is 1. The van der Waals surface area contributed by atoms with Crippen LogP contribution in [0.3, 0.4) is 0 Å². The lowest BCUT2D eigenvalue weighted by Crippen LogP contribution is -2.30. The molecule has 1 rings (SSSR count). The van der Waals surface area contributed by atoms with Crippen LogP contribution in [0, 0.1) is 15.9 Å². The molecule has 0 heterocycles. The van der Waals surface area contributed by atoms with Crippen molar-refractivity contribution in [2.45, 2.75) is 25.9 Å². The maximum atomic E-state index is 13.1. The van der Waals surface area contributed by atoms with Crippen LogP contribution in [0.25, 0.3) is 0 Å². The van der Waals surface area contributed by atoms with E-state index in [0.29, 0.717) is 12.1 Å². The van der Waals surface area contributed by atoms with E-state index in [0.717, 1.165) is 18.2 Å². The molecule has 6 heteroatoms. The van der Waals surface area contributed by atoms with Crippen molar-refractivity contribution in [3.8, 4) is 0 Å². The van der Waals surface area contributed by atoms with E-state index in [1.165, 1.54) is 12.1 Å². The fraction of sp³-hybridized carbons (Fsp3) is 0.500. The quantitative estimate of drug-likeness (QED) is 0.612. The van der Waals surface area contributed by atoms with Crippen LogP contribution in [0.5, 0.6) is 0 Å². The first-order valence-corrected chi connectivity index (χ1v) is 7.13. The van der Waals surface area contributed by atoms with E-state index in [1.807, 2.05) is 13.2 Å². The molecule has 0 saturated carbocycles. The summed E-state index contributed by atoms with van der Waals surface area (Å²) in [6, 6.07) is 3.82. The third-order valence-electron chi connectivity index (χ3n) is 2.68. The van der Waals surface area contributed by atoms with Crippen LogP contribution in [-0.4, -0.2) is 23.0 Å². The van der Waals surface area contributed by atoms with Crippen molar-refractivity contribution in [1.82, 2.24) is 5.32 Å². The molecular formula is C12H17FN2O2S. The van der Waals surface area contributed by atoms with E-state index in [-0.39, 0.29) is 11.7 Å². The Morgan fingerprint density at radius 1 is 1.56 bits per heavy atom. The standard InChI is InChI=1S/C12H17FN2O2S/c1-3-11(8-18-2)14-7-9-6-10(13)4-5-12(9)15(16)17/h4-6,11,14H,3,7-8H2,1-2H3. The molecule has 100 valence electrons. The molecule has 0 aromatic heterocycles. The Balaban J connectivity index is 2.76. The Morgan fingerprint density at radius 2 is 2.28 bits per heavy atom. The predicted molar refractivity (Wildman–Crippen MR) is 72.4 cm³/mol. The van der Waals surface area contributed by atoms with Crippen LogP contribution >= 0.6 is 11.8 Å². The van der Waals surface area contributed by atoms with Gasteiger partial charge in [0.15, 0.2) is 0 Å². The van der Waals surface area contributed by atoms with Gasteiger partial charge in [0.05, 0.1) is 4.92 Å². The molecule has 0 fully saturated rings. The highest BCUT2D eigenvalue weighted by Crippen LogP contribution is 2.19. The first-order chi connectivity index (χ1) is 8.58. The van der Waals surface area contributed by atoms with Gasteiger partial charge in [-0.3, -0.25) is 10.1 Å². The van der Waals surface area contributed by atoms with E-state index in [4.69, 9.17) is 0 Å². The zero-order valence-corrected chi connectivity index (χ0v) is 11.3. The van der Waals surface area contributed by atoms with Gasteiger partial charge in [-0.05, 0) is 24.8 Å². The Kier molecular flexibility index (Phi) is 6.07. The molecule has 1 aromatic carbocycles. The third kappa shape index (κ3) is 4.27. The van der Waals surface area contributed by atoms with Crippen molar-refractivity contribution in [1.29, 1.82) is 0 Å². The monoisotopic (exact) mass is 272 g/mol. The number of rotatable bonds is 7. The fourth-order valence-corrected chi connectivity index (χ4v) is 2.41. The van der Waals surface area contributed by atoms with Gasteiger partial charge in [-0.1, -0.05) is 6.92 Å². The fourth-order valence-electron chi connectivity index (χ4n) is 1.65. The number of hydrogen-bond donors (Lipinski definition) is 1. The van der Waals surface area contributed by atoms with E-state index in [2.05, 4.69) is 5.32 Å². The SMILES string of the molecule is CCC(CSC)NCc1cc(F)ccc1[N+](=O)[O-]. The summed E-state index contributed by atoms with van der Waals surface area (Å²) in [6.07, 6.45) is 2.94. The van der Waals surface area contributed by atoms with E-state index in [9.17, 15) is 14.5 Å². The largest absolute Gasteiger partial charge is 0.309 e. The second kappa shape index (κ2) is 7.33. The van der Waals surface area contributed by atoms with Crippen LogP contribution in [0.2, 0.25) is 0 Å². The van der Waals surface area contributed by atoms with E-state index < -0.39 is 10.7 Å². The second-order valence-electron chi connectivity index (χ2n) is 3.97. The lowest BCUT2D eigenvalue weighted by molar-refractivity contribution is -0.385. The normalized spacial score (nSPS) is 12.4. The van der Waals surface area contributed by atoms with Crippen molar-refractivity contribution in [3.05, 3.63) is 39.7 Å². The van der Waals surface area contributed by atoms with Gasteiger partial charge in [-0.2, -0.15) is 11.8 Å². The van der Waals surface area contributed by atoms with Gasteiger partial charge in [0, 0.05) is 30.0 Å². The van der Waals surface area contributed by atoms with Crippen molar-refractivity contribution >= 4 is 17.4 Å². The zero-order chi connectivity index (χ0) is 13.5. The first kappa shape index (κ1) is 14.9. The molecule has 18 heavy (non-hydrogen) atoms. The number of nitro benzene ring substituents is 1. The van der Waals surface area contributed by atoms with Crippen LogP contribution < -0.4 is 5.32 Å². The maximum Gasteiger partial charge on any atom is 0.274 e. The highest BCUT2D eigenvalue weighted by atomic mass is 32.2. The molecule has 0 amide bonds. The summed E-state index contributed by atoms with van der Waals surface area (Å²) in [7, 11) is 0. The van der Waals surface area contributed by atoms with Crippen LogP contribution in [0.1, 0.15) is 18.9 Å². The smallest absolute Gasteiger partial charge is 0.274 e. The summed E-state index contributed by atoms with van der Waals surface area (Å²) in [5.41, 5.74) is 0.349. The summed E-state index contributed by atoms with van der Waals surface area (Å²) in [6.45, 7) is 2.36. The molecule has 0 spiro atoms. The van der Waals surface area contributed by atoms with Crippen molar-refractivity contribution in [3.63, 3.8) is 0 Å². The summed E-state index contributed by atoms with van der Waals surface area (Å²) in [4.78, 5) is 10.3. The van der Waals surface area contributed by atoms with Crippen LogP contribution in [-0.2, 0) is 6.54 Å². The van der Waals surface area contributed by atoms with Crippen molar-refractivity contribution in [2.75, 3.05) is 12.0 Å². The minimum absolute atomic E-state index is 0.0390. The number of hydrogen-bond acceptors (Lipinski definition) is 4. The molecule has 1 atom stereocenters. The van der Waals surface area contributed by atoms with Crippen LogP contribution in [0.15, 0.2) is 18.2 Å². The highest BCUT2D eigenvalue weighted by molar-refractivity contribution is 7.98. The lowest BCUT2D eigenvalue weighted by atomic mass is 10.1. The molecule has 1 N–H and O–H groups in total. The maximum absolute atomic E-state index is 13.1. The van der Waals surface area contributed by atoms with E-state index >= 15 is 0 Å². The summed E-state index contributed by atoms with van der Waals surface area (Å²) < 4.78 is 13.1. The molecule has 0 bridgehead atoms. The molecule has 4 nitrogen and oxygen atoms in total. The van der Waals surface area contributed by atoms with Gasteiger partial charge in [-0.15, -0.1) is 0 Å². The molecule has 0 saturated heterocycles. The minimum Gasteiger partial charge on any atom is -0.309 e. The molecule has 0 aliphatic heterocycles. The first-order valence-electron chi connectivity index (χ1n) is 5.73. The molecule has 1 unspecified atom stereocenters. The van der Waals surface area contributed by atoms with Gasteiger partial charge in [-0.25, -0.2) is 4.39 Å². The Bertz CT molecular complexity index is 415. The molecule has 0 radical (unpaired) electrons. The number of halogens is 1. The Hall–Kier alpha value is -1.14. The summed E-state index contributed by atoms with van der Waals surface area (Å²) in [5, 5.41) is 14.0. The number of benzene rings is 1. The van der Waals surface area contributed by atoms with Gasteiger partial charge in [0.25, 0.3) is 5.69 Å².